The van der Waals surface area contributed by atoms with E-state index in [-0.39, 0.29) is 34.4 Å². The van der Waals surface area contributed by atoms with Crippen LogP contribution in [0.5, 0.6) is 0 Å². The first-order chi connectivity index (χ1) is 21.0. The minimum Gasteiger partial charge on any atom is -0.347 e. The maximum atomic E-state index is 14.7. The molecule has 2 unspecified atom stereocenters. The summed E-state index contributed by atoms with van der Waals surface area (Å²) in [4.78, 5) is 46.4. The van der Waals surface area contributed by atoms with E-state index < -0.39 is 29.3 Å². The molecule has 0 spiro atoms. The molecule has 1 N–H and O–H groups in total. The van der Waals surface area contributed by atoms with Crippen LogP contribution >= 0.6 is 11.6 Å². The van der Waals surface area contributed by atoms with Crippen molar-refractivity contribution in [2.75, 3.05) is 30.9 Å². The second kappa shape index (κ2) is 11.5. The van der Waals surface area contributed by atoms with Crippen molar-refractivity contribution in [1.82, 2.24) is 34.6 Å². The number of nitrogens with one attached hydrogen (secondary N) is 1. The monoisotopic (exact) mass is 625 g/mol. The highest BCUT2D eigenvalue weighted by molar-refractivity contribution is 6.31. The highest BCUT2D eigenvalue weighted by Crippen LogP contribution is 2.50. The third kappa shape index (κ3) is 5.45. The number of carbonyl (C=O) groups excluding carboxylic acids is 2. The molecule has 2 amide bonds. The van der Waals surface area contributed by atoms with E-state index in [1.807, 2.05) is 11.8 Å². The van der Waals surface area contributed by atoms with Crippen LogP contribution in [-0.4, -0.2) is 73.1 Å². The predicted octanol–water partition coefficient (Wildman–Crippen LogP) is 4.63. The van der Waals surface area contributed by atoms with E-state index in [2.05, 4.69) is 30.4 Å². The Morgan fingerprint density at radius 2 is 1.86 bits per heavy atom. The fourth-order valence-electron chi connectivity index (χ4n) is 5.51. The van der Waals surface area contributed by atoms with E-state index in [1.165, 1.54) is 6.20 Å². The number of aromatic nitrogens is 6. The molecule has 1 aliphatic carbocycles. The van der Waals surface area contributed by atoms with Crippen LogP contribution in [0.2, 0.25) is 5.02 Å². The molecule has 15 heteroatoms. The van der Waals surface area contributed by atoms with Gasteiger partial charge in [-0.15, -0.1) is 0 Å². The number of benzene rings is 1. The third-order valence-corrected chi connectivity index (χ3v) is 8.27. The molecule has 4 atom stereocenters. The molecule has 4 heterocycles. The number of nitrogens with zero attached hydrogens (tertiary/aromatic N) is 8. The Morgan fingerprint density at radius 1 is 1.11 bits per heavy atom. The molecule has 11 nitrogen and oxygen atoms in total. The Kier molecular flexibility index (Phi) is 7.70. The zero-order chi connectivity index (χ0) is 31.3. The molecule has 228 valence electrons. The Morgan fingerprint density at radius 3 is 2.57 bits per heavy atom. The van der Waals surface area contributed by atoms with Crippen LogP contribution in [-0.2, 0) is 4.79 Å². The fourth-order valence-corrected chi connectivity index (χ4v) is 5.67. The maximum absolute atomic E-state index is 14.7. The van der Waals surface area contributed by atoms with Gasteiger partial charge in [0, 0.05) is 55.9 Å². The van der Waals surface area contributed by atoms with Gasteiger partial charge >= 0.3 is 0 Å². The molecule has 1 aromatic carbocycles. The van der Waals surface area contributed by atoms with Gasteiger partial charge in [-0.1, -0.05) is 17.7 Å². The number of halogens is 4. The van der Waals surface area contributed by atoms with Crippen molar-refractivity contribution >= 4 is 35.1 Å². The molecule has 6 rings (SSSR count). The summed E-state index contributed by atoms with van der Waals surface area (Å²) in [5, 5.41) is 6.61. The number of carbonyl (C=O) groups is 2. The van der Waals surface area contributed by atoms with Gasteiger partial charge in [-0.05, 0) is 31.2 Å². The summed E-state index contributed by atoms with van der Waals surface area (Å²) in [6, 6.07) is 1.48. The number of likely N-dealkylation sites (N-methyl/N-ethyl adjacent to an activating group) is 1. The van der Waals surface area contributed by atoms with Gasteiger partial charge in [-0.25, -0.2) is 28.1 Å². The standard InChI is InChI=1S/C29H27ClF3N9O2/c1-14(16-7-35-29(36-8-16)41-12-15-6-19(15)25(41)28(44)40(2)3)42-13-17(9-37-42)38-27(43)22-11-34-10-21(39-22)23-18(26(32)33)4-5-20(30)24(23)31/h4-5,7-11,13-15,19,25-26H,6,12H2,1-3H3,(H,38,43)/t14?,15-,19-,25?/m1/s1. The van der Waals surface area contributed by atoms with Crippen LogP contribution in [0.25, 0.3) is 11.3 Å². The van der Waals surface area contributed by atoms with Gasteiger partial charge in [0.2, 0.25) is 11.9 Å². The topological polar surface area (TPSA) is 122 Å². The van der Waals surface area contributed by atoms with Crippen molar-refractivity contribution < 1.29 is 22.8 Å². The first kappa shape index (κ1) is 29.5. The Labute approximate surface area is 255 Å². The average molecular weight is 626 g/mol. The average Bonchev–Trinajstić information content (AvgIpc) is 3.43. The highest BCUT2D eigenvalue weighted by Gasteiger charge is 2.56. The largest absolute Gasteiger partial charge is 0.347 e. The lowest BCUT2D eigenvalue weighted by Crippen LogP contribution is -2.46. The molecule has 1 saturated heterocycles. The number of alkyl halides is 2. The normalized spacial score (nSPS) is 19.5. The minimum absolute atomic E-state index is 0.0504. The van der Waals surface area contributed by atoms with E-state index >= 15 is 0 Å². The van der Waals surface area contributed by atoms with Crippen molar-refractivity contribution in [3.05, 3.63) is 77.0 Å². The summed E-state index contributed by atoms with van der Waals surface area (Å²) in [7, 11) is 3.50. The van der Waals surface area contributed by atoms with E-state index in [0.717, 1.165) is 43.1 Å². The number of piperidine rings is 1. The lowest BCUT2D eigenvalue weighted by Gasteiger charge is -2.28. The molecule has 1 saturated carbocycles. The molecular weight excluding hydrogens is 599 g/mol. The Hall–Kier alpha value is -4.59. The van der Waals surface area contributed by atoms with Crippen LogP contribution in [0.4, 0.5) is 24.8 Å². The number of hydrogen-bond donors (Lipinski definition) is 1. The second-order valence-corrected chi connectivity index (χ2v) is 11.5. The van der Waals surface area contributed by atoms with E-state index in [4.69, 9.17) is 11.6 Å². The number of hydrogen-bond acceptors (Lipinski definition) is 8. The van der Waals surface area contributed by atoms with Gasteiger partial charge in [-0.2, -0.15) is 5.10 Å². The summed E-state index contributed by atoms with van der Waals surface area (Å²) in [6.07, 6.45) is 6.68. The van der Waals surface area contributed by atoms with Crippen LogP contribution in [0.15, 0.2) is 49.3 Å². The van der Waals surface area contributed by atoms with Crippen LogP contribution in [0, 0.1) is 17.7 Å². The number of amides is 2. The zero-order valence-electron chi connectivity index (χ0n) is 23.8. The van der Waals surface area contributed by atoms with Gasteiger partial charge < -0.3 is 15.1 Å². The van der Waals surface area contributed by atoms with Gasteiger partial charge in [0.25, 0.3) is 12.3 Å². The first-order valence-electron chi connectivity index (χ1n) is 13.8. The second-order valence-electron chi connectivity index (χ2n) is 11.1. The maximum Gasteiger partial charge on any atom is 0.275 e. The summed E-state index contributed by atoms with van der Waals surface area (Å²) in [6.45, 7) is 2.64. The van der Waals surface area contributed by atoms with Crippen LogP contribution in [0.3, 0.4) is 0 Å². The molecular formula is C29H27ClF3N9O2. The van der Waals surface area contributed by atoms with Crippen molar-refractivity contribution in [2.45, 2.75) is 31.9 Å². The quantitative estimate of drug-likeness (QED) is 0.301. The highest BCUT2D eigenvalue weighted by atomic mass is 35.5. The summed E-state index contributed by atoms with van der Waals surface area (Å²) in [5.41, 5.74) is -0.543. The van der Waals surface area contributed by atoms with E-state index in [0.29, 0.717) is 23.5 Å². The molecule has 0 radical (unpaired) electrons. The minimum atomic E-state index is -3.00. The first-order valence-corrected chi connectivity index (χ1v) is 14.1. The van der Waals surface area contributed by atoms with E-state index in [9.17, 15) is 22.8 Å². The Bertz CT molecular complexity index is 1730. The smallest absolute Gasteiger partial charge is 0.275 e. The van der Waals surface area contributed by atoms with Crippen LogP contribution < -0.4 is 10.2 Å². The number of fused-ring (bicyclic) bond motifs is 1. The van der Waals surface area contributed by atoms with Gasteiger partial charge in [0.05, 0.1) is 41.0 Å². The number of rotatable bonds is 8. The van der Waals surface area contributed by atoms with Crippen molar-refractivity contribution in [3.8, 4) is 11.3 Å². The predicted molar refractivity (Wildman–Crippen MR) is 155 cm³/mol. The molecule has 0 bridgehead atoms. The van der Waals surface area contributed by atoms with Crippen molar-refractivity contribution in [1.29, 1.82) is 0 Å². The summed E-state index contributed by atoms with van der Waals surface area (Å²) < 4.78 is 43.5. The molecule has 1 aliphatic heterocycles. The van der Waals surface area contributed by atoms with Crippen LogP contribution in [0.1, 0.15) is 47.4 Å². The van der Waals surface area contributed by atoms with Gasteiger partial charge in [-0.3, -0.25) is 19.3 Å². The molecule has 2 aliphatic rings. The fraction of sp³-hybridized carbons (Fsp3) is 0.345. The summed E-state index contributed by atoms with van der Waals surface area (Å²) >= 11 is 5.81. The van der Waals surface area contributed by atoms with Crippen molar-refractivity contribution in [2.24, 2.45) is 11.8 Å². The van der Waals surface area contributed by atoms with Gasteiger partial charge in [0.1, 0.15) is 11.7 Å². The Balaban J connectivity index is 1.15. The van der Waals surface area contributed by atoms with E-state index in [1.54, 1.807) is 42.3 Å². The lowest BCUT2D eigenvalue weighted by atomic mass is 10.0. The molecule has 2 fully saturated rings. The molecule has 3 aromatic heterocycles. The SMILES string of the molecule is CC(c1cnc(N2C[C@H]3C[C@H]3C2C(=O)N(C)C)nc1)n1cc(NC(=O)c2cncc(-c3c(C(F)F)ccc(Cl)c3F)n2)cn1. The molecule has 44 heavy (non-hydrogen) atoms. The zero-order valence-corrected chi connectivity index (χ0v) is 24.6. The summed E-state index contributed by atoms with van der Waals surface area (Å²) in [5.74, 6) is -0.400. The van der Waals surface area contributed by atoms with Gasteiger partial charge in [0.15, 0.2) is 5.82 Å². The van der Waals surface area contributed by atoms with Crippen molar-refractivity contribution in [3.63, 3.8) is 0 Å². The molecule has 4 aromatic rings. The number of anilines is 2. The third-order valence-electron chi connectivity index (χ3n) is 7.98. The lowest BCUT2D eigenvalue weighted by molar-refractivity contribution is -0.130.